The molecular weight excluding hydrogens is 430 g/mol. The van der Waals surface area contributed by atoms with Gasteiger partial charge in [-0.3, -0.25) is 9.59 Å². The lowest BCUT2D eigenvalue weighted by Gasteiger charge is -2.25. The molecule has 0 bridgehead atoms. The molecule has 3 aromatic rings. The van der Waals surface area contributed by atoms with E-state index in [4.69, 9.17) is 4.74 Å². The number of hydrogen-bond donors (Lipinski definition) is 2. The molecule has 3 rings (SSSR count). The summed E-state index contributed by atoms with van der Waals surface area (Å²) in [4.78, 5) is 39.1. The first-order valence-electron chi connectivity index (χ1n) is 11.0. The van der Waals surface area contributed by atoms with Crippen molar-refractivity contribution < 1.29 is 19.1 Å². The maximum absolute atomic E-state index is 13.3. The van der Waals surface area contributed by atoms with E-state index in [0.29, 0.717) is 18.5 Å². The third-order valence-electron chi connectivity index (χ3n) is 5.32. The van der Waals surface area contributed by atoms with E-state index < -0.39 is 12.1 Å². The summed E-state index contributed by atoms with van der Waals surface area (Å²) in [7, 11) is 3.26. The topological polar surface area (TPSA) is 87.7 Å². The van der Waals surface area contributed by atoms with Gasteiger partial charge in [0, 0.05) is 32.6 Å². The van der Waals surface area contributed by atoms with Gasteiger partial charge in [0.1, 0.15) is 12.6 Å². The number of benzene rings is 3. The minimum atomic E-state index is -0.791. The first kappa shape index (κ1) is 24.5. The molecule has 0 saturated heterocycles. The normalized spacial score (nSPS) is 11.2. The molecular formula is C27H29N3O4. The van der Waals surface area contributed by atoms with Crippen LogP contribution in [0.1, 0.15) is 27.0 Å². The Morgan fingerprint density at radius 2 is 1.41 bits per heavy atom. The fourth-order valence-electron chi connectivity index (χ4n) is 3.48. The van der Waals surface area contributed by atoms with E-state index in [2.05, 4.69) is 10.6 Å². The van der Waals surface area contributed by atoms with Gasteiger partial charge in [0.05, 0.1) is 0 Å². The van der Waals surface area contributed by atoms with E-state index in [1.165, 1.54) is 0 Å². The summed E-state index contributed by atoms with van der Waals surface area (Å²) in [6, 6.07) is 25.1. The average molecular weight is 460 g/mol. The minimum Gasteiger partial charge on any atom is -0.445 e. The summed E-state index contributed by atoms with van der Waals surface area (Å²) < 4.78 is 5.33. The molecule has 0 aliphatic rings. The SMILES string of the molecule is CNC(=O)c1ccc(CN(C)C(=O)[C@H](Cc2ccccc2)NC(=O)OCc2ccccc2)cc1. The van der Waals surface area contributed by atoms with Crippen LogP contribution in [0.5, 0.6) is 0 Å². The van der Waals surface area contributed by atoms with Crippen LogP contribution in [0, 0.1) is 0 Å². The second kappa shape index (κ2) is 12.2. The highest BCUT2D eigenvalue weighted by Gasteiger charge is 2.25. The Hall–Kier alpha value is -4.13. The number of alkyl carbamates (subject to hydrolysis) is 1. The van der Waals surface area contributed by atoms with Crippen molar-refractivity contribution in [3.05, 3.63) is 107 Å². The molecule has 34 heavy (non-hydrogen) atoms. The van der Waals surface area contributed by atoms with Crippen LogP contribution in [0.3, 0.4) is 0 Å². The quantitative estimate of drug-likeness (QED) is 0.512. The molecule has 0 unspecified atom stereocenters. The van der Waals surface area contributed by atoms with Crippen LogP contribution in [0.25, 0.3) is 0 Å². The van der Waals surface area contributed by atoms with Crippen molar-refractivity contribution in [3.8, 4) is 0 Å². The highest BCUT2D eigenvalue weighted by Crippen LogP contribution is 2.11. The predicted molar refractivity (Wildman–Crippen MR) is 130 cm³/mol. The summed E-state index contributed by atoms with van der Waals surface area (Å²) >= 11 is 0. The monoisotopic (exact) mass is 459 g/mol. The number of amides is 3. The van der Waals surface area contributed by atoms with Crippen LogP contribution < -0.4 is 10.6 Å². The summed E-state index contributed by atoms with van der Waals surface area (Å²) in [5.41, 5.74) is 3.20. The molecule has 3 aromatic carbocycles. The molecule has 0 aromatic heterocycles. The zero-order valence-corrected chi connectivity index (χ0v) is 19.4. The largest absolute Gasteiger partial charge is 0.445 e. The predicted octanol–water partition coefficient (Wildman–Crippen LogP) is 3.54. The molecule has 0 fully saturated rings. The van der Waals surface area contributed by atoms with Gasteiger partial charge in [-0.05, 0) is 28.8 Å². The smallest absolute Gasteiger partial charge is 0.408 e. The third kappa shape index (κ3) is 7.20. The van der Waals surface area contributed by atoms with Crippen molar-refractivity contribution in [2.24, 2.45) is 0 Å². The molecule has 7 heteroatoms. The molecule has 176 valence electrons. The Morgan fingerprint density at radius 3 is 2.00 bits per heavy atom. The number of carbonyl (C=O) groups is 3. The maximum Gasteiger partial charge on any atom is 0.408 e. The van der Waals surface area contributed by atoms with Crippen molar-refractivity contribution in [2.45, 2.75) is 25.6 Å². The Bertz CT molecular complexity index is 1090. The van der Waals surface area contributed by atoms with Gasteiger partial charge >= 0.3 is 6.09 Å². The third-order valence-corrected chi connectivity index (χ3v) is 5.32. The lowest BCUT2D eigenvalue weighted by Crippen LogP contribution is -2.48. The van der Waals surface area contributed by atoms with Crippen LogP contribution in [0.2, 0.25) is 0 Å². The van der Waals surface area contributed by atoms with E-state index in [-0.39, 0.29) is 18.4 Å². The fraction of sp³-hybridized carbons (Fsp3) is 0.222. The average Bonchev–Trinajstić information content (AvgIpc) is 2.88. The number of rotatable bonds is 9. The molecule has 7 nitrogen and oxygen atoms in total. The minimum absolute atomic E-state index is 0.118. The first-order chi connectivity index (χ1) is 16.5. The van der Waals surface area contributed by atoms with E-state index in [1.807, 2.05) is 72.8 Å². The van der Waals surface area contributed by atoms with Gasteiger partial charge in [-0.15, -0.1) is 0 Å². The Morgan fingerprint density at radius 1 is 0.824 bits per heavy atom. The van der Waals surface area contributed by atoms with Gasteiger partial charge in [0.2, 0.25) is 5.91 Å². The highest BCUT2D eigenvalue weighted by molar-refractivity contribution is 5.94. The van der Waals surface area contributed by atoms with Crippen molar-refractivity contribution >= 4 is 17.9 Å². The van der Waals surface area contributed by atoms with Gasteiger partial charge < -0.3 is 20.3 Å². The number of ether oxygens (including phenoxy) is 1. The summed E-state index contributed by atoms with van der Waals surface area (Å²) in [5, 5.41) is 5.31. The second-order valence-corrected chi connectivity index (χ2v) is 7.92. The molecule has 3 amide bonds. The summed E-state index contributed by atoms with van der Waals surface area (Å²) in [5.74, 6) is -0.409. The van der Waals surface area contributed by atoms with Crippen molar-refractivity contribution in [2.75, 3.05) is 14.1 Å². The van der Waals surface area contributed by atoms with E-state index in [9.17, 15) is 14.4 Å². The van der Waals surface area contributed by atoms with E-state index in [1.54, 1.807) is 31.1 Å². The van der Waals surface area contributed by atoms with Gasteiger partial charge in [-0.25, -0.2) is 4.79 Å². The number of carbonyl (C=O) groups excluding carboxylic acids is 3. The first-order valence-corrected chi connectivity index (χ1v) is 11.0. The lowest BCUT2D eigenvalue weighted by atomic mass is 10.0. The molecule has 0 radical (unpaired) electrons. The van der Waals surface area contributed by atoms with E-state index in [0.717, 1.165) is 16.7 Å². The highest BCUT2D eigenvalue weighted by atomic mass is 16.5. The number of nitrogens with zero attached hydrogens (tertiary/aromatic N) is 1. The fourth-order valence-corrected chi connectivity index (χ4v) is 3.48. The van der Waals surface area contributed by atoms with Gasteiger partial charge in [-0.1, -0.05) is 72.8 Å². The Labute approximate surface area is 199 Å². The molecule has 0 spiro atoms. The Balaban J connectivity index is 1.66. The lowest BCUT2D eigenvalue weighted by molar-refractivity contribution is -0.132. The Kier molecular flexibility index (Phi) is 8.80. The van der Waals surface area contributed by atoms with Crippen LogP contribution in [0.4, 0.5) is 4.79 Å². The van der Waals surface area contributed by atoms with Gasteiger partial charge in [0.15, 0.2) is 0 Å². The van der Waals surface area contributed by atoms with Crippen molar-refractivity contribution in [1.82, 2.24) is 15.5 Å². The summed E-state index contributed by atoms with van der Waals surface area (Å²) in [6.07, 6.45) is -0.318. The van der Waals surface area contributed by atoms with Gasteiger partial charge in [0.25, 0.3) is 5.91 Å². The molecule has 0 saturated carbocycles. The van der Waals surface area contributed by atoms with Crippen LogP contribution in [-0.2, 0) is 29.1 Å². The molecule has 0 aliphatic heterocycles. The standard InChI is InChI=1S/C27H29N3O4/c1-28-25(31)23-15-13-21(14-16-23)18-30(2)26(32)24(17-20-9-5-3-6-10-20)29-27(33)34-19-22-11-7-4-8-12-22/h3-16,24H,17-19H2,1-2H3,(H,28,31)(H,29,33)/t24-/m0/s1. The number of nitrogens with one attached hydrogen (secondary N) is 2. The zero-order chi connectivity index (χ0) is 24.3. The van der Waals surface area contributed by atoms with Crippen molar-refractivity contribution in [1.29, 1.82) is 0 Å². The summed E-state index contributed by atoms with van der Waals surface area (Å²) in [6.45, 7) is 0.450. The second-order valence-electron chi connectivity index (χ2n) is 7.92. The number of likely N-dealkylation sites (N-methyl/N-ethyl adjacent to an activating group) is 1. The van der Waals surface area contributed by atoms with Crippen LogP contribution >= 0.6 is 0 Å². The maximum atomic E-state index is 13.3. The van der Waals surface area contributed by atoms with Crippen molar-refractivity contribution in [3.63, 3.8) is 0 Å². The number of hydrogen-bond acceptors (Lipinski definition) is 4. The van der Waals surface area contributed by atoms with E-state index >= 15 is 0 Å². The van der Waals surface area contributed by atoms with Gasteiger partial charge in [-0.2, -0.15) is 0 Å². The van der Waals surface area contributed by atoms with Crippen LogP contribution in [0.15, 0.2) is 84.9 Å². The zero-order valence-electron chi connectivity index (χ0n) is 19.4. The molecule has 1 atom stereocenters. The molecule has 0 aliphatic carbocycles. The van der Waals surface area contributed by atoms with Crippen LogP contribution in [-0.4, -0.2) is 42.9 Å². The molecule has 0 heterocycles. The molecule has 2 N–H and O–H groups in total.